The minimum atomic E-state index is -0.788. The second-order valence-electron chi connectivity index (χ2n) is 7.05. The Morgan fingerprint density at radius 1 is 0.929 bits per heavy atom. The molecule has 0 spiro atoms. The number of nitrogens with one attached hydrogen (secondary N) is 1. The first-order valence-corrected chi connectivity index (χ1v) is 9.32. The lowest BCUT2D eigenvalue weighted by atomic mass is 9.72. The summed E-state index contributed by atoms with van der Waals surface area (Å²) in [6, 6.07) is 16.3. The summed E-state index contributed by atoms with van der Waals surface area (Å²) in [5.74, 6) is -0.0498. The van der Waals surface area contributed by atoms with Crippen LogP contribution in [0, 0.1) is 0 Å². The van der Waals surface area contributed by atoms with Crippen molar-refractivity contribution < 1.29 is 19.1 Å². The molecule has 1 saturated heterocycles. The Morgan fingerprint density at radius 3 is 2.07 bits per heavy atom. The van der Waals surface area contributed by atoms with Gasteiger partial charge in [0.1, 0.15) is 5.75 Å². The normalized spacial score (nSPS) is 15.6. The van der Waals surface area contributed by atoms with Gasteiger partial charge in [-0.3, -0.25) is 14.4 Å². The monoisotopic (exact) mass is 380 g/mol. The molecule has 146 valence electrons. The maximum atomic E-state index is 13.2. The van der Waals surface area contributed by atoms with Crippen LogP contribution in [0.3, 0.4) is 0 Å². The molecule has 0 aliphatic carbocycles. The first kappa shape index (κ1) is 19.6. The molecule has 1 fully saturated rings. The fourth-order valence-electron chi connectivity index (χ4n) is 3.59. The van der Waals surface area contributed by atoms with Gasteiger partial charge in [0.2, 0.25) is 11.8 Å². The van der Waals surface area contributed by atoms with E-state index in [4.69, 9.17) is 4.74 Å². The van der Waals surface area contributed by atoms with Gasteiger partial charge in [-0.25, -0.2) is 0 Å². The van der Waals surface area contributed by atoms with Crippen molar-refractivity contribution in [2.24, 2.45) is 0 Å². The molecule has 2 amide bonds. The van der Waals surface area contributed by atoms with Crippen molar-refractivity contribution in [3.63, 3.8) is 0 Å². The van der Waals surface area contributed by atoms with Gasteiger partial charge >= 0.3 is 5.97 Å². The standard InChI is InChI=1S/C22H24N2O4/c1-16(25)23-19-8-10-20(11-9-19)28-21(27)22(18-6-4-3-5-7-18)12-14-24(15-13-22)17(2)26/h3-11H,12-15H2,1-2H3,(H,23,25). The summed E-state index contributed by atoms with van der Waals surface area (Å²) in [6.07, 6.45) is 1.03. The molecule has 1 N–H and O–H groups in total. The molecular formula is C22H24N2O4. The van der Waals surface area contributed by atoms with E-state index in [-0.39, 0.29) is 17.8 Å². The molecule has 6 nitrogen and oxygen atoms in total. The third-order valence-electron chi connectivity index (χ3n) is 5.16. The van der Waals surface area contributed by atoms with Crippen LogP contribution in [0.2, 0.25) is 0 Å². The summed E-state index contributed by atoms with van der Waals surface area (Å²) in [4.78, 5) is 37.8. The predicted molar refractivity (Wildman–Crippen MR) is 106 cm³/mol. The predicted octanol–water partition coefficient (Wildman–Crippen LogP) is 3.13. The number of anilines is 1. The van der Waals surface area contributed by atoms with Crippen molar-refractivity contribution in [1.29, 1.82) is 0 Å². The number of nitrogens with zero attached hydrogens (tertiary/aromatic N) is 1. The zero-order valence-corrected chi connectivity index (χ0v) is 16.1. The Balaban J connectivity index is 1.82. The average Bonchev–Trinajstić information content (AvgIpc) is 2.69. The number of likely N-dealkylation sites (tertiary alicyclic amines) is 1. The summed E-state index contributed by atoms with van der Waals surface area (Å²) in [6.45, 7) is 4.01. The molecule has 3 rings (SSSR count). The van der Waals surface area contributed by atoms with Crippen LogP contribution >= 0.6 is 0 Å². The van der Waals surface area contributed by atoms with Gasteiger partial charge in [0.15, 0.2) is 0 Å². The molecule has 0 atom stereocenters. The van der Waals surface area contributed by atoms with Crippen LogP contribution in [0.1, 0.15) is 32.3 Å². The van der Waals surface area contributed by atoms with Crippen LogP contribution in [0.25, 0.3) is 0 Å². The summed E-state index contributed by atoms with van der Waals surface area (Å²) in [5, 5.41) is 2.68. The van der Waals surface area contributed by atoms with Gasteiger partial charge in [-0.2, -0.15) is 0 Å². The lowest BCUT2D eigenvalue weighted by Crippen LogP contribution is -2.50. The highest BCUT2D eigenvalue weighted by atomic mass is 16.5. The molecule has 2 aromatic rings. The molecule has 1 aliphatic heterocycles. The Bertz CT molecular complexity index is 854. The highest BCUT2D eigenvalue weighted by Crippen LogP contribution is 2.37. The van der Waals surface area contributed by atoms with Crippen molar-refractivity contribution >= 4 is 23.5 Å². The van der Waals surface area contributed by atoms with Crippen molar-refractivity contribution in [1.82, 2.24) is 4.90 Å². The van der Waals surface area contributed by atoms with E-state index in [1.807, 2.05) is 30.3 Å². The summed E-state index contributed by atoms with van der Waals surface area (Å²) in [7, 11) is 0. The summed E-state index contributed by atoms with van der Waals surface area (Å²) in [5.41, 5.74) is 0.752. The largest absolute Gasteiger partial charge is 0.426 e. The third kappa shape index (κ3) is 4.22. The number of carbonyl (C=O) groups is 3. The highest BCUT2D eigenvalue weighted by molar-refractivity contribution is 5.89. The van der Waals surface area contributed by atoms with Gasteiger partial charge in [0, 0.05) is 32.6 Å². The van der Waals surface area contributed by atoms with Gasteiger partial charge in [-0.05, 0) is 42.7 Å². The summed E-state index contributed by atoms with van der Waals surface area (Å²) < 4.78 is 5.71. The van der Waals surface area contributed by atoms with Crippen LogP contribution in [-0.4, -0.2) is 35.8 Å². The first-order valence-electron chi connectivity index (χ1n) is 9.32. The topological polar surface area (TPSA) is 75.7 Å². The van der Waals surface area contributed by atoms with Gasteiger partial charge in [0.05, 0.1) is 5.41 Å². The molecule has 0 radical (unpaired) electrons. The average molecular weight is 380 g/mol. The van der Waals surface area contributed by atoms with Gasteiger partial charge in [-0.1, -0.05) is 30.3 Å². The maximum Gasteiger partial charge on any atom is 0.322 e. The number of benzene rings is 2. The van der Waals surface area contributed by atoms with Crippen LogP contribution in [0.5, 0.6) is 5.75 Å². The molecule has 28 heavy (non-hydrogen) atoms. The zero-order valence-electron chi connectivity index (χ0n) is 16.1. The number of carbonyl (C=O) groups excluding carboxylic acids is 3. The molecule has 0 aromatic heterocycles. The maximum absolute atomic E-state index is 13.2. The Morgan fingerprint density at radius 2 is 1.54 bits per heavy atom. The second kappa shape index (κ2) is 8.25. The second-order valence-corrected chi connectivity index (χ2v) is 7.05. The molecule has 0 saturated carbocycles. The van der Waals surface area contributed by atoms with E-state index in [9.17, 15) is 14.4 Å². The fraction of sp³-hybridized carbons (Fsp3) is 0.318. The van der Waals surface area contributed by atoms with Crippen LogP contribution in [0.15, 0.2) is 54.6 Å². The lowest BCUT2D eigenvalue weighted by Gasteiger charge is -2.40. The van der Waals surface area contributed by atoms with E-state index in [2.05, 4.69) is 5.32 Å². The number of hydrogen-bond acceptors (Lipinski definition) is 4. The zero-order chi connectivity index (χ0) is 20.1. The summed E-state index contributed by atoms with van der Waals surface area (Å²) >= 11 is 0. The quantitative estimate of drug-likeness (QED) is 0.653. The van der Waals surface area contributed by atoms with Crippen molar-refractivity contribution in [3.05, 3.63) is 60.2 Å². The van der Waals surface area contributed by atoms with E-state index in [1.165, 1.54) is 6.92 Å². The third-order valence-corrected chi connectivity index (χ3v) is 5.16. The van der Waals surface area contributed by atoms with E-state index in [0.717, 1.165) is 5.56 Å². The molecule has 6 heteroatoms. The number of hydrogen-bond donors (Lipinski definition) is 1. The number of esters is 1. The molecule has 0 bridgehead atoms. The SMILES string of the molecule is CC(=O)Nc1ccc(OC(=O)C2(c3ccccc3)CCN(C(C)=O)CC2)cc1. The Labute approximate surface area is 164 Å². The van der Waals surface area contributed by atoms with Crippen LogP contribution < -0.4 is 10.1 Å². The van der Waals surface area contributed by atoms with Crippen molar-refractivity contribution in [2.45, 2.75) is 32.1 Å². The van der Waals surface area contributed by atoms with Crippen molar-refractivity contribution in [2.75, 3.05) is 18.4 Å². The van der Waals surface area contributed by atoms with E-state index < -0.39 is 5.41 Å². The fourth-order valence-corrected chi connectivity index (χ4v) is 3.59. The highest BCUT2D eigenvalue weighted by Gasteiger charge is 2.45. The molecule has 0 unspecified atom stereocenters. The lowest BCUT2D eigenvalue weighted by molar-refractivity contribution is -0.145. The number of rotatable bonds is 4. The van der Waals surface area contributed by atoms with Crippen LogP contribution in [-0.2, 0) is 19.8 Å². The minimum Gasteiger partial charge on any atom is -0.426 e. The van der Waals surface area contributed by atoms with E-state index in [1.54, 1.807) is 36.1 Å². The van der Waals surface area contributed by atoms with Gasteiger partial charge in [0.25, 0.3) is 0 Å². The minimum absolute atomic E-state index is 0.0172. The molecule has 1 heterocycles. The Kier molecular flexibility index (Phi) is 5.78. The number of ether oxygens (including phenoxy) is 1. The Hall–Kier alpha value is -3.15. The molecule has 2 aromatic carbocycles. The van der Waals surface area contributed by atoms with Crippen molar-refractivity contribution in [3.8, 4) is 5.75 Å². The van der Waals surface area contributed by atoms with E-state index in [0.29, 0.717) is 37.4 Å². The van der Waals surface area contributed by atoms with Crippen LogP contribution in [0.4, 0.5) is 5.69 Å². The first-order chi connectivity index (χ1) is 13.4. The molecule has 1 aliphatic rings. The molecular weight excluding hydrogens is 356 g/mol. The van der Waals surface area contributed by atoms with E-state index >= 15 is 0 Å². The smallest absolute Gasteiger partial charge is 0.322 e. The van der Waals surface area contributed by atoms with Gasteiger partial charge < -0.3 is 15.0 Å². The number of piperidine rings is 1. The van der Waals surface area contributed by atoms with Gasteiger partial charge in [-0.15, -0.1) is 0 Å². The number of amides is 2.